The predicted octanol–water partition coefficient (Wildman–Crippen LogP) is 5.27. The highest BCUT2D eigenvalue weighted by molar-refractivity contribution is 5.99. The van der Waals surface area contributed by atoms with Crippen molar-refractivity contribution in [2.75, 3.05) is 10.6 Å². The van der Waals surface area contributed by atoms with E-state index in [-0.39, 0.29) is 29.0 Å². The van der Waals surface area contributed by atoms with E-state index in [1.807, 2.05) is 18.2 Å². The van der Waals surface area contributed by atoms with Crippen LogP contribution in [0.2, 0.25) is 0 Å². The lowest BCUT2D eigenvalue weighted by Gasteiger charge is -2.33. The molecule has 7 nitrogen and oxygen atoms in total. The standard InChI is InChI=1S/C24H34N4O3/c1-23(2,3)15-18-17(24(4,5)6)14-20(31-18)28-13-12-19(27-22(28)30)26-21(29)25-16-10-8-7-9-11-16/h7-13,17-18,20H,14-15H2,1-6H3,(H2,25,26,27,29,30)/t17-,18?,20-/m1/s1. The molecule has 0 spiro atoms. The van der Waals surface area contributed by atoms with Crippen molar-refractivity contribution in [1.29, 1.82) is 0 Å². The average Bonchev–Trinajstić information content (AvgIpc) is 3.04. The summed E-state index contributed by atoms with van der Waals surface area (Å²) in [5.41, 5.74) is 0.419. The number of aromatic nitrogens is 2. The molecule has 3 atom stereocenters. The smallest absolute Gasteiger partial charge is 0.351 e. The monoisotopic (exact) mass is 426 g/mol. The minimum absolute atomic E-state index is 0.0682. The highest BCUT2D eigenvalue weighted by Crippen LogP contribution is 2.46. The normalized spacial score (nSPS) is 21.7. The van der Waals surface area contributed by atoms with Gasteiger partial charge in [-0.05, 0) is 47.8 Å². The van der Waals surface area contributed by atoms with Crippen LogP contribution >= 0.6 is 0 Å². The molecule has 168 valence electrons. The van der Waals surface area contributed by atoms with E-state index < -0.39 is 11.7 Å². The van der Waals surface area contributed by atoms with Gasteiger partial charge in [0.2, 0.25) is 0 Å². The third kappa shape index (κ3) is 6.17. The number of hydrogen-bond donors (Lipinski definition) is 2. The molecule has 1 aromatic carbocycles. The zero-order valence-corrected chi connectivity index (χ0v) is 19.3. The highest BCUT2D eigenvalue weighted by Gasteiger charge is 2.44. The Morgan fingerprint density at radius 3 is 2.35 bits per heavy atom. The summed E-state index contributed by atoms with van der Waals surface area (Å²) in [5.74, 6) is 0.532. The number of benzene rings is 1. The molecule has 2 N–H and O–H groups in total. The number of carbonyl (C=O) groups excluding carboxylic acids is 1. The third-order valence-electron chi connectivity index (χ3n) is 5.58. The second-order valence-corrected chi connectivity index (χ2v) is 10.5. The fraction of sp³-hybridized carbons (Fsp3) is 0.542. The molecule has 1 saturated heterocycles. The molecule has 1 aliphatic heterocycles. The number of para-hydroxylation sites is 1. The molecule has 2 heterocycles. The van der Waals surface area contributed by atoms with Gasteiger partial charge < -0.3 is 10.1 Å². The van der Waals surface area contributed by atoms with E-state index in [4.69, 9.17) is 4.74 Å². The molecule has 0 saturated carbocycles. The van der Waals surface area contributed by atoms with Gasteiger partial charge in [0.1, 0.15) is 12.0 Å². The number of urea groups is 1. The number of carbonyl (C=O) groups is 1. The van der Waals surface area contributed by atoms with Crippen LogP contribution in [0.5, 0.6) is 0 Å². The van der Waals surface area contributed by atoms with Gasteiger partial charge in [-0.15, -0.1) is 0 Å². The van der Waals surface area contributed by atoms with Gasteiger partial charge in [0.15, 0.2) is 0 Å². The third-order valence-corrected chi connectivity index (χ3v) is 5.58. The first-order valence-electron chi connectivity index (χ1n) is 10.8. The number of nitrogens with one attached hydrogen (secondary N) is 2. The first-order chi connectivity index (χ1) is 14.4. The minimum Gasteiger partial charge on any atom is -0.354 e. The molecule has 3 rings (SSSR count). The van der Waals surface area contributed by atoms with Crippen LogP contribution in [0.25, 0.3) is 0 Å². The van der Waals surface area contributed by atoms with Crippen molar-refractivity contribution in [1.82, 2.24) is 9.55 Å². The second kappa shape index (κ2) is 8.83. The van der Waals surface area contributed by atoms with Gasteiger partial charge in [-0.25, -0.2) is 9.59 Å². The molecule has 1 unspecified atom stereocenters. The number of anilines is 2. The van der Waals surface area contributed by atoms with Gasteiger partial charge in [0.25, 0.3) is 0 Å². The Labute approximate surface area is 184 Å². The second-order valence-electron chi connectivity index (χ2n) is 10.5. The molecule has 7 heteroatoms. The Hall–Kier alpha value is -2.67. The van der Waals surface area contributed by atoms with Crippen LogP contribution in [-0.2, 0) is 4.74 Å². The Balaban J connectivity index is 1.72. The predicted molar refractivity (Wildman–Crippen MR) is 123 cm³/mol. The van der Waals surface area contributed by atoms with Crippen molar-refractivity contribution >= 4 is 17.5 Å². The van der Waals surface area contributed by atoms with Gasteiger partial charge in [-0.2, -0.15) is 4.98 Å². The molecule has 1 fully saturated rings. The molecule has 31 heavy (non-hydrogen) atoms. The van der Waals surface area contributed by atoms with E-state index in [1.165, 1.54) is 4.57 Å². The van der Waals surface area contributed by atoms with E-state index in [2.05, 4.69) is 57.2 Å². The number of amides is 2. The quantitative estimate of drug-likeness (QED) is 0.697. The summed E-state index contributed by atoms with van der Waals surface area (Å²) in [5, 5.41) is 5.31. The molecule has 1 aliphatic rings. The van der Waals surface area contributed by atoms with E-state index in [0.717, 1.165) is 12.8 Å². The van der Waals surface area contributed by atoms with Crippen molar-refractivity contribution in [2.24, 2.45) is 16.7 Å². The average molecular weight is 427 g/mol. The molecule has 0 bridgehead atoms. The maximum absolute atomic E-state index is 12.7. The Bertz CT molecular complexity index is 957. The Kier molecular flexibility index (Phi) is 6.55. The molecule has 2 amide bonds. The molecule has 0 radical (unpaired) electrons. The molecular weight excluding hydrogens is 392 g/mol. The summed E-state index contributed by atoms with van der Waals surface area (Å²) in [6, 6.07) is 10.3. The number of rotatable bonds is 4. The Morgan fingerprint density at radius 1 is 1.10 bits per heavy atom. The van der Waals surface area contributed by atoms with Crippen molar-refractivity contribution < 1.29 is 9.53 Å². The SMILES string of the molecule is CC(C)(C)CC1O[C@@H](n2ccc(NC(=O)Nc3ccccc3)nc2=O)C[C@H]1C(C)(C)C. The fourth-order valence-corrected chi connectivity index (χ4v) is 4.11. The van der Waals surface area contributed by atoms with Gasteiger partial charge in [-0.1, -0.05) is 59.7 Å². The summed E-state index contributed by atoms with van der Waals surface area (Å²) >= 11 is 0. The van der Waals surface area contributed by atoms with E-state index >= 15 is 0 Å². The summed E-state index contributed by atoms with van der Waals surface area (Å²) in [6.45, 7) is 13.3. The van der Waals surface area contributed by atoms with E-state index in [1.54, 1.807) is 24.4 Å². The minimum atomic E-state index is -0.453. The molecule has 0 aliphatic carbocycles. The van der Waals surface area contributed by atoms with Crippen LogP contribution in [0.4, 0.5) is 16.3 Å². The van der Waals surface area contributed by atoms with Crippen LogP contribution in [0.1, 0.15) is 60.6 Å². The first-order valence-corrected chi connectivity index (χ1v) is 10.8. The van der Waals surface area contributed by atoms with Gasteiger partial charge in [-0.3, -0.25) is 9.88 Å². The molecule has 2 aromatic rings. The molecular formula is C24H34N4O3. The van der Waals surface area contributed by atoms with Crippen molar-refractivity contribution in [3.63, 3.8) is 0 Å². The zero-order valence-electron chi connectivity index (χ0n) is 19.3. The summed E-state index contributed by atoms with van der Waals surface area (Å²) < 4.78 is 7.90. The van der Waals surface area contributed by atoms with E-state index in [9.17, 15) is 9.59 Å². The number of nitrogens with zero attached hydrogens (tertiary/aromatic N) is 2. The van der Waals surface area contributed by atoms with Crippen LogP contribution in [-0.4, -0.2) is 21.7 Å². The lowest BCUT2D eigenvalue weighted by atomic mass is 9.73. The topological polar surface area (TPSA) is 85.2 Å². The fourth-order valence-electron chi connectivity index (χ4n) is 4.11. The van der Waals surface area contributed by atoms with Gasteiger partial charge in [0, 0.05) is 11.9 Å². The number of hydrogen-bond acceptors (Lipinski definition) is 4. The lowest BCUT2D eigenvalue weighted by molar-refractivity contribution is -0.0341. The van der Waals surface area contributed by atoms with Crippen molar-refractivity contribution in [2.45, 2.75) is 66.7 Å². The maximum atomic E-state index is 12.7. The zero-order chi connectivity index (χ0) is 22.8. The van der Waals surface area contributed by atoms with Gasteiger partial charge in [0.05, 0.1) is 6.10 Å². The molecule has 1 aromatic heterocycles. The first kappa shape index (κ1) is 23.0. The van der Waals surface area contributed by atoms with Crippen LogP contribution in [0.15, 0.2) is 47.4 Å². The lowest BCUT2D eigenvalue weighted by Crippen LogP contribution is -2.31. The van der Waals surface area contributed by atoms with Crippen LogP contribution < -0.4 is 16.3 Å². The van der Waals surface area contributed by atoms with Gasteiger partial charge >= 0.3 is 11.7 Å². The van der Waals surface area contributed by atoms with Crippen LogP contribution in [0.3, 0.4) is 0 Å². The summed E-state index contributed by atoms with van der Waals surface area (Å²) in [6.07, 6.45) is 3.05. The van der Waals surface area contributed by atoms with Crippen molar-refractivity contribution in [3.8, 4) is 0 Å². The highest BCUT2D eigenvalue weighted by atomic mass is 16.5. The summed E-state index contributed by atoms with van der Waals surface area (Å²) in [4.78, 5) is 28.9. The van der Waals surface area contributed by atoms with Crippen LogP contribution in [0, 0.1) is 16.7 Å². The van der Waals surface area contributed by atoms with Crippen molar-refractivity contribution in [3.05, 3.63) is 53.1 Å². The largest absolute Gasteiger partial charge is 0.354 e. The van der Waals surface area contributed by atoms with E-state index in [0.29, 0.717) is 11.6 Å². The maximum Gasteiger partial charge on any atom is 0.351 e. The number of ether oxygens (including phenoxy) is 1. The summed E-state index contributed by atoms with van der Waals surface area (Å²) in [7, 11) is 0. The Morgan fingerprint density at radius 2 is 1.77 bits per heavy atom.